The van der Waals surface area contributed by atoms with Crippen LogP contribution < -0.4 is 4.90 Å². The molecule has 2 aromatic rings. The normalized spacial score (nSPS) is 29.3. The van der Waals surface area contributed by atoms with Crippen LogP contribution in [0.15, 0.2) is 18.5 Å². The molecule has 4 aliphatic rings. The monoisotopic (exact) mass is 409 g/mol. The highest BCUT2D eigenvalue weighted by Gasteiger charge is 2.58. The molecule has 0 unspecified atom stereocenters. The molecular weight excluding hydrogens is 378 g/mol. The number of aromatic nitrogens is 3. The molecule has 1 aliphatic carbocycles. The van der Waals surface area contributed by atoms with Gasteiger partial charge in [-0.15, -0.1) is 0 Å². The first-order valence-electron chi connectivity index (χ1n) is 11.7. The van der Waals surface area contributed by atoms with Gasteiger partial charge >= 0.3 is 0 Å². The molecule has 1 saturated carbocycles. The number of carbonyl (C=O) groups is 1. The fraction of sp³-hybridized carbons (Fsp3) is 0.696. The van der Waals surface area contributed by atoms with Gasteiger partial charge in [0.05, 0.1) is 6.20 Å². The molecule has 30 heavy (non-hydrogen) atoms. The van der Waals surface area contributed by atoms with Crippen LogP contribution in [0.1, 0.15) is 63.4 Å². The molecule has 3 saturated heterocycles. The Hall–Kier alpha value is -2.15. The molecule has 0 aromatic carbocycles. The molecule has 3 aliphatic heterocycles. The first-order valence-corrected chi connectivity index (χ1v) is 11.7. The first-order chi connectivity index (χ1) is 14.7. The third kappa shape index (κ3) is 2.70. The zero-order chi connectivity index (χ0) is 20.3. The summed E-state index contributed by atoms with van der Waals surface area (Å²) in [6.07, 6.45) is 13.9. The van der Waals surface area contributed by atoms with E-state index in [1.54, 1.807) is 0 Å². The minimum absolute atomic E-state index is 0.0115. The Kier molecular flexibility index (Phi) is 4.30. The lowest BCUT2D eigenvalue weighted by molar-refractivity contribution is -0.141. The number of hydrogen-bond donors (Lipinski definition) is 0. The summed E-state index contributed by atoms with van der Waals surface area (Å²) in [5.41, 5.74) is 1.37. The highest BCUT2D eigenvalue weighted by molar-refractivity contribution is 5.88. The van der Waals surface area contributed by atoms with E-state index in [2.05, 4.69) is 19.9 Å². The predicted molar refractivity (Wildman–Crippen MR) is 113 cm³/mol. The van der Waals surface area contributed by atoms with E-state index in [1.807, 2.05) is 29.9 Å². The summed E-state index contributed by atoms with van der Waals surface area (Å²) >= 11 is 0. The van der Waals surface area contributed by atoms with Gasteiger partial charge in [-0.1, -0.05) is 19.3 Å². The largest absolute Gasteiger partial charge is 0.356 e. The van der Waals surface area contributed by atoms with Crippen molar-refractivity contribution in [3.63, 3.8) is 0 Å². The van der Waals surface area contributed by atoms with E-state index in [-0.39, 0.29) is 12.1 Å². The topological polar surface area (TPSA) is 63.0 Å². The predicted octanol–water partition coefficient (Wildman–Crippen LogP) is 3.30. The number of piperidine rings is 1. The van der Waals surface area contributed by atoms with Gasteiger partial charge in [-0.3, -0.25) is 4.79 Å². The van der Waals surface area contributed by atoms with Gasteiger partial charge in [0.2, 0.25) is 0 Å². The smallest absolute Gasteiger partial charge is 0.257 e. The van der Waals surface area contributed by atoms with Gasteiger partial charge in [0.25, 0.3) is 5.91 Å². The highest BCUT2D eigenvalue weighted by Crippen LogP contribution is 2.46. The van der Waals surface area contributed by atoms with Crippen LogP contribution in [-0.4, -0.2) is 56.4 Å². The summed E-state index contributed by atoms with van der Waals surface area (Å²) in [6, 6.07) is 2.43. The van der Waals surface area contributed by atoms with Gasteiger partial charge in [0.15, 0.2) is 11.2 Å². The summed E-state index contributed by atoms with van der Waals surface area (Å²) in [7, 11) is 0. The van der Waals surface area contributed by atoms with E-state index >= 15 is 0 Å². The van der Waals surface area contributed by atoms with Gasteiger partial charge in [-0.2, -0.15) is 9.61 Å². The molecule has 6 rings (SSSR count). The van der Waals surface area contributed by atoms with Crippen LogP contribution in [0.4, 0.5) is 5.82 Å². The molecule has 1 amide bonds. The Morgan fingerprint density at radius 2 is 1.90 bits per heavy atom. The molecule has 4 fully saturated rings. The van der Waals surface area contributed by atoms with Crippen LogP contribution >= 0.6 is 0 Å². The first kappa shape index (κ1) is 18.6. The van der Waals surface area contributed by atoms with Crippen molar-refractivity contribution < 1.29 is 9.53 Å². The summed E-state index contributed by atoms with van der Waals surface area (Å²) in [4.78, 5) is 22.6. The Morgan fingerprint density at radius 1 is 1.10 bits per heavy atom. The summed E-state index contributed by atoms with van der Waals surface area (Å²) < 4.78 is 8.46. The molecule has 5 heterocycles. The minimum atomic E-state index is -0.610. The number of anilines is 1. The average molecular weight is 410 g/mol. The lowest BCUT2D eigenvalue weighted by Crippen LogP contribution is -2.52. The van der Waals surface area contributed by atoms with Crippen molar-refractivity contribution >= 4 is 17.4 Å². The Labute approximate surface area is 177 Å². The van der Waals surface area contributed by atoms with Crippen molar-refractivity contribution in [3.05, 3.63) is 24.0 Å². The molecule has 0 bridgehead atoms. The van der Waals surface area contributed by atoms with Crippen LogP contribution in [0.25, 0.3) is 5.65 Å². The molecule has 1 spiro atoms. The number of carbonyl (C=O) groups excluding carboxylic acids is 1. The SMILES string of the molecule is Cc1cnn2c(N3CCC4(CC3)O[C@@H]3CC[C@@H](C5CCCCC5)N3C4=O)ccnc12. The number of rotatable bonds is 2. The van der Waals surface area contributed by atoms with Gasteiger partial charge < -0.3 is 14.5 Å². The maximum absolute atomic E-state index is 13.6. The van der Waals surface area contributed by atoms with Crippen molar-refractivity contribution in [1.29, 1.82) is 0 Å². The third-order valence-corrected chi connectivity index (χ3v) is 8.01. The fourth-order valence-electron chi connectivity index (χ4n) is 6.39. The number of amides is 1. The minimum Gasteiger partial charge on any atom is -0.356 e. The Morgan fingerprint density at radius 3 is 2.70 bits per heavy atom. The number of ether oxygens (including phenoxy) is 1. The van der Waals surface area contributed by atoms with Crippen LogP contribution in [0.3, 0.4) is 0 Å². The molecular formula is C23H31N5O2. The number of hydrogen-bond acceptors (Lipinski definition) is 5. The number of fused-ring (bicyclic) bond motifs is 2. The Balaban J connectivity index is 1.20. The van der Waals surface area contributed by atoms with E-state index in [4.69, 9.17) is 4.74 Å². The van der Waals surface area contributed by atoms with Gasteiger partial charge in [0.1, 0.15) is 12.0 Å². The molecule has 7 heteroatoms. The summed E-state index contributed by atoms with van der Waals surface area (Å²) in [5, 5.41) is 4.51. The second kappa shape index (κ2) is 6.94. The van der Waals surface area contributed by atoms with Gasteiger partial charge in [-0.05, 0) is 44.6 Å². The van der Waals surface area contributed by atoms with Crippen LogP contribution in [-0.2, 0) is 9.53 Å². The molecule has 2 atom stereocenters. The maximum atomic E-state index is 13.6. The van der Waals surface area contributed by atoms with Crippen LogP contribution in [0, 0.1) is 12.8 Å². The van der Waals surface area contributed by atoms with Crippen molar-refractivity contribution in [1.82, 2.24) is 19.5 Å². The third-order valence-electron chi connectivity index (χ3n) is 8.01. The number of nitrogens with zero attached hydrogens (tertiary/aromatic N) is 5. The second-order valence-corrected chi connectivity index (χ2v) is 9.68. The quantitative estimate of drug-likeness (QED) is 0.762. The van der Waals surface area contributed by atoms with Crippen LogP contribution in [0.2, 0.25) is 0 Å². The molecule has 7 nitrogen and oxygen atoms in total. The second-order valence-electron chi connectivity index (χ2n) is 9.68. The van der Waals surface area contributed by atoms with Crippen molar-refractivity contribution in [2.75, 3.05) is 18.0 Å². The van der Waals surface area contributed by atoms with E-state index in [1.165, 1.54) is 32.1 Å². The zero-order valence-corrected chi connectivity index (χ0v) is 17.8. The summed E-state index contributed by atoms with van der Waals surface area (Å²) in [5.74, 6) is 2.00. The van der Waals surface area contributed by atoms with E-state index in [0.29, 0.717) is 12.0 Å². The maximum Gasteiger partial charge on any atom is 0.257 e. The van der Waals surface area contributed by atoms with Crippen molar-refractivity contribution in [2.24, 2.45) is 5.92 Å². The lowest BCUT2D eigenvalue weighted by atomic mass is 9.82. The molecule has 2 aromatic heterocycles. The molecule has 0 radical (unpaired) electrons. The van der Waals surface area contributed by atoms with Crippen molar-refractivity contribution in [2.45, 2.75) is 82.6 Å². The zero-order valence-electron chi connectivity index (χ0n) is 17.8. The average Bonchev–Trinajstić information content (AvgIpc) is 3.44. The summed E-state index contributed by atoms with van der Waals surface area (Å²) in [6.45, 7) is 3.64. The highest BCUT2D eigenvalue weighted by atomic mass is 16.6. The van der Waals surface area contributed by atoms with E-state index in [0.717, 1.165) is 55.8 Å². The lowest BCUT2D eigenvalue weighted by Gasteiger charge is -2.39. The van der Waals surface area contributed by atoms with Crippen LogP contribution in [0.5, 0.6) is 0 Å². The fourth-order valence-corrected chi connectivity index (χ4v) is 6.39. The number of aryl methyl sites for hydroxylation is 1. The van der Waals surface area contributed by atoms with Crippen molar-refractivity contribution in [3.8, 4) is 0 Å². The van der Waals surface area contributed by atoms with Gasteiger partial charge in [-0.25, -0.2) is 4.98 Å². The van der Waals surface area contributed by atoms with E-state index < -0.39 is 5.60 Å². The van der Waals surface area contributed by atoms with E-state index in [9.17, 15) is 4.79 Å². The molecule has 160 valence electrons. The van der Waals surface area contributed by atoms with Gasteiger partial charge in [0, 0.05) is 43.7 Å². The molecule has 0 N–H and O–H groups in total. The Bertz CT molecular complexity index is 958. The standard InChI is InChI=1S/C23H31N5O2/c1-16-15-25-28-19(9-12-24-21(16)28)26-13-10-23(11-14-26)22(29)27-18(7-8-20(27)30-23)17-5-3-2-4-6-17/h9,12,15,17-18,20H,2-8,10-11,13-14H2,1H3/t18-,20+/m0/s1.